The zero-order valence-electron chi connectivity index (χ0n) is 27.2. The van der Waals surface area contributed by atoms with Crippen LogP contribution in [-0.4, -0.2) is 73.0 Å². The maximum atomic E-state index is 14.4. The van der Waals surface area contributed by atoms with E-state index in [4.69, 9.17) is 10.5 Å². The molecule has 0 bridgehead atoms. The third-order valence-corrected chi connectivity index (χ3v) is 9.26. The third-order valence-electron chi connectivity index (χ3n) is 8.73. The second kappa shape index (κ2) is 15.5. The topological polar surface area (TPSA) is 82.4 Å². The number of ether oxygens (including phenoxy) is 1. The van der Waals surface area contributed by atoms with Crippen molar-refractivity contribution in [2.24, 2.45) is 0 Å². The lowest BCUT2D eigenvalue weighted by molar-refractivity contribution is -0.137. The summed E-state index contributed by atoms with van der Waals surface area (Å²) in [5, 5.41) is 0. The number of urea groups is 1. The first-order valence-electron chi connectivity index (χ1n) is 16.2. The summed E-state index contributed by atoms with van der Waals surface area (Å²) >= 11 is 3.42. The molecule has 0 radical (unpaired) electrons. The quantitative estimate of drug-likeness (QED) is 0.136. The smallest absolute Gasteiger partial charge is 0.416 e. The first-order valence-corrected chi connectivity index (χ1v) is 17.0. The highest BCUT2D eigenvalue weighted by atomic mass is 79.9. The van der Waals surface area contributed by atoms with Gasteiger partial charge in [-0.3, -0.25) is 9.69 Å². The number of nitrogen functional groups attached to an aromatic ring is 1. The van der Waals surface area contributed by atoms with E-state index in [1.807, 2.05) is 43.3 Å². The summed E-state index contributed by atoms with van der Waals surface area (Å²) in [7, 11) is 2.07. The van der Waals surface area contributed by atoms with Crippen LogP contribution in [-0.2, 0) is 11.0 Å². The van der Waals surface area contributed by atoms with Gasteiger partial charge in [0, 0.05) is 29.8 Å². The van der Waals surface area contributed by atoms with Gasteiger partial charge in [0.05, 0.1) is 41.7 Å². The average molecular weight is 729 g/mol. The minimum absolute atomic E-state index is 0.0829. The molecule has 0 aliphatic carbocycles. The number of benzene rings is 3. The highest BCUT2D eigenvalue weighted by Gasteiger charge is 2.48. The van der Waals surface area contributed by atoms with Gasteiger partial charge in [0.2, 0.25) is 0 Å². The molecule has 2 heterocycles. The van der Waals surface area contributed by atoms with E-state index in [1.54, 1.807) is 21.9 Å². The highest BCUT2D eigenvalue weighted by molar-refractivity contribution is 9.10. The molecule has 0 saturated carbocycles. The van der Waals surface area contributed by atoms with Crippen molar-refractivity contribution in [1.29, 1.82) is 0 Å². The number of amides is 3. The molecule has 256 valence electrons. The molecule has 0 fully saturated rings. The summed E-state index contributed by atoms with van der Waals surface area (Å²) < 4.78 is 48.0. The Morgan fingerprint density at radius 2 is 1.67 bits per heavy atom. The predicted molar refractivity (Wildman–Crippen MR) is 185 cm³/mol. The van der Waals surface area contributed by atoms with E-state index in [0.717, 1.165) is 60.3 Å². The van der Waals surface area contributed by atoms with Crippen LogP contribution in [0.2, 0.25) is 0 Å². The number of anilines is 2. The summed E-state index contributed by atoms with van der Waals surface area (Å²) in [4.78, 5) is 35.0. The van der Waals surface area contributed by atoms with Gasteiger partial charge in [0.25, 0.3) is 5.91 Å². The standard InChI is InChI=1S/C36H41BrF3N5O3/c1-3-43-24-31-32(34(43)46)33(25-11-15-28(41)16-12-25)44(35(47)45(31)29-10-7-9-26(23-29)36(38,39)40)21-6-4-5-19-42(2)20-8-22-48-30-17-13-27(37)14-18-30/h7,9-18,23,33H,3-6,8,19-22,24,41H2,1-2H3/t33-/m1/s1. The van der Waals surface area contributed by atoms with Crippen LogP contribution in [0.3, 0.4) is 0 Å². The fourth-order valence-corrected chi connectivity index (χ4v) is 6.47. The van der Waals surface area contributed by atoms with Crippen LogP contribution < -0.4 is 15.4 Å². The number of rotatable bonds is 14. The Bertz CT molecular complexity index is 1610. The minimum Gasteiger partial charge on any atom is -0.494 e. The summed E-state index contributed by atoms with van der Waals surface area (Å²) in [5.41, 5.74) is 7.29. The Balaban J connectivity index is 1.29. The Labute approximate surface area is 288 Å². The van der Waals surface area contributed by atoms with Crippen LogP contribution >= 0.6 is 15.9 Å². The van der Waals surface area contributed by atoms with Gasteiger partial charge in [-0.15, -0.1) is 0 Å². The van der Waals surface area contributed by atoms with Gasteiger partial charge in [-0.2, -0.15) is 13.2 Å². The number of likely N-dealkylation sites (N-methyl/N-ethyl adjacent to an activating group) is 1. The van der Waals surface area contributed by atoms with E-state index in [1.165, 1.54) is 17.0 Å². The number of nitrogens with two attached hydrogens (primary N) is 1. The molecule has 0 aromatic heterocycles. The molecule has 0 unspecified atom stereocenters. The van der Waals surface area contributed by atoms with E-state index < -0.39 is 23.8 Å². The maximum absolute atomic E-state index is 14.4. The molecular weight excluding hydrogens is 687 g/mol. The molecule has 5 rings (SSSR count). The van der Waals surface area contributed by atoms with Crippen molar-refractivity contribution in [1.82, 2.24) is 14.7 Å². The molecule has 2 aliphatic heterocycles. The molecule has 3 aromatic rings. The van der Waals surface area contributed by atoms with Crippen LogP contribution in [0.5, 0.6) is 5.75 Å². The fraction of sp³-hybridized carbons (Fsp3) is 0.389. The zero-order valence-corrected chi connectivity index (χ0v) is 28.8. The first-order chi connectivity index (χ1) is 23.0. The minimum atomic E-state index is -4.58. The predicted octanol–water partition coefficient (Wildman–Crippen LogP) is 7.72. The number of unbranched alkanes of at least 4 members (excludes halogenated alkanes) is 2. The maximum Gasteiger partial charge on any atom is 0.416 e. The van der Waals surface area contributed by atoms with Gasteiger partial charge >= 0.3 is 12.2 Å². The molecule has 12 heteroatoms. The number of alkyl halides is 3. The van der Waals surface area contributed by atoms with E-state index in [9.17, 15) is 22.8 Å². The van der Waals surface area contributed by atoms with Crippen LogP contribution in [0.25, 0.3) is 0 Å². The van der Waals surface area contributed by atoms with Crippen LogP contribution in [0.1, 0.15) is 49.8 Å². The van der Waals surface area contributed by atoms with Gasteiger partial charge in [-0.05, 0) is 99.9 Å². The van der Waals surface area contributed by atoms with E-state index in [2.05, 4.69) is 27.9 Å². The number of hydrogen-bond acceptors (Lipinski definition) is 5. The summed E-state index contributed by atoms with van der Waals surface area (Å²) in [5.74, 6) is 0.608. The highest BCUT2D eigenvalue weighted by Crippen LogP contribution is 2.44. The second-order valence-corrected chi connectivity index (χ2v) is 13.0. The molecule has 8 nitrogen and oxygen atoms in total. The monoisotopic (exact) mass is 727 g/mol. The van der Waals surface area contributed by atoms with Crippen LogP contribution in [0.15, 0.2) is 88.5 Å². The van der Waals surface area contributed by atoms with Gasteiger partial charge in [-0.25, -0.2) is 4.79 Å². The van der Waals surface area contributed by atoms with Crippen molar-refractivity contribution in [3.63, 3.8) is 0 Å². The lowest BCUT2D eigenvalue weighted by atomic mass is 9.93. The molecular formula is C36H41BrF3N5O3. The molecule has 2 aliphatic rings. The molecule has 0 saturated heterocycles. The van der Waals surface area contributed by atoms with Crippen LogP contribution in [0, 0.1) is 0 Å². The molecule has 1 atom stereocenters. The number of carbonyl (C=O) groups is 2. The van der Waals surface area contributed by atoms with Crippen molar-refractivity contribution in [2.45, 2.75) is 44.8 Å². The average Bonchev–Trinajstić information content (AvgIpc) is 3.39. The normalized spacial score (nSPS) is 16.7. The molecule has 0 spiro atoms. The van der Waals surface area contributed by atoms with E-state index in [0.29, 0.717) is 43.1 Å². The van der Waals surface area contributed by atoms with Gasteiger partial charge in [0.1, 0.15) is 5.75 Å². The Morgan fingerprint density at radius 1 is 0.958 bits per heavy atom. The summed E-state index contributed by atoms with van der Waals surface area (Å²) in [6.07, 6.45) is -1.33. The van der Waals surface area contributed by atoms with Crippen molar-refractivity contribution in [2.75, 3.05) is 57.0 Å². The van der Waals surface area contributed by atoms with Gasteiger partial charge < -0.3 is 25.2 Å². The van der Waals surface area contributed by atoms with Gasteiger partial charge in [-0.1, -0.05) is 40.5 Å². The fourth-order valence-electron chi connectivity index (χ4n) is 6.21. The van der Waals surface area contributed by atoms with E-state index in [-0.39, 0.29) is 18.1 Å². The first kappa shape index (κ1) is 35.3. The van der Waals surface area contributed by atoms with Crippen molar-refractivity contribution < 1.29 is 27.5 Å². The molecule has 3 amide bonds. The summed E-state index contributed by atoms with van der Waals surface area (Å²) in [6, 6.07) is 18.4. The third kappa shape index (κ3) is 8.15. The largest absolute Gasteiger partial charge is 0.494 e. The Kier molecular flexibility index (Phi) is 11.4. The summed E-state index contributed by atoms with van der Waals surface area (Å²) in [6.45, 7) is 5.05. The Morgan fingerprint density at radius 3 is 2.35 bits per heavy atom. The number of carbonyl (C=O) groups excluding carboxylic acids is 2. The molecule has 2 N–H and O–H groups in total. The Hall–Kier alpha value is -4.03. The molecule has 48 heavy (non-hydrogen) atoms. The number of hydrogen-bond donors (Lipinski definition) is 1. The van der Waals surface area contributed by atoms with Gasteiger partial charge in [0.15, 0.2) is 0 Å². The SMILES string of the molecule is CCN1CC2=C(C1=O)[C@@H](c1ccc(N)cc1)N(CCCCCN(C)CCCOc1ccc(Br)cc1)C(=O)N2c1cccc(C(F)(F)F)c1. The van der Waals surface area contributed by atoms with Crippen LogP contribution in [0.4, 0.5) is 29.3 Å². The number of halogens is 4. The van der Waals surface area contributed by atoms with Crippen molar-refractivity contribution >= 4 is 39.2 Å². The zero-order chi connectivity index (χ0) is 34.4. The second-order valence-electron chi connectivity index (χ2n) is 12.1. The number of nitrogens with zero attached hydrogens (tertiary/aromatic N) is 4. The lowest BCUT2D eigenvalue weighted by Gasteiger charge is -2.42. The van der Waals surface area contributed by atoms with E-state index >= 15 is 0 Å². The van der Waals surface area contributed by atoms with Crippen molar-refractivity contribution in [3.8, 4) is 5.75 Å². The molecule has 3 aromatic carbocycles. The van der Waals surface area contributed by atoms with Crippen molar-refractivity contribution in [3.05, 3.63) is 99.7 Å². The lowest BCUT2D eigenvalue weighted by Crippen LogP contribution is -2.50.